The Morgan fingerprint density at radius 2 is 1.93 bits per heavy atom. The maximum atomic E-state index is 12.4. The fourth-order valence-electron chi connectivity index (χ4n) is 2.78. The van der Waals surface area contributed by atoms with Gasteiger partial charge in [-0.15, -0.1) is 11.3 Å². The van der Waals surface area contributed by atoms with Gasteiger partial charge in [-0.25, -0.2) is 9.97 Å². The highest BCUT2D eigenvalue weighted by atomic mass is 32.2. The number of thioether (sulfide) groups is 1. The molecule has 27 heavy (non-hydrogen) atoms. The molecule has 0 aliphatic carbocycles. The van der Waals surface area contributed by atoms with E-state index >= 15 is 0 Å². The molecule has 0 spiro atoms. The predicted octanol–water partition coefficient (Wildman–Crippen LogP) is 3.72. The molecule has 1 atom stereocenters. The Morgan fingerprint density at radius 1 is 1.19 bits per heavy atom. The number of aromatic nitrogens is 2. The van der Waals surface area contributed by atoms with Crippen LogP contribution in [0, 0.1) is 13.8 Å². The van der Waals surface area contributed by atoms with Gasteiger partial charge in [0.1, 0.15) is 16.2 Å². The Labute approximate surface area is 166 Å². The number of thiophene rings is 1. The van der Waals surface area contributed by atoms with Crippen LogP contribution in [0.4, 0.5) is 0 Å². The van der Waals surface area contributed by atoms with Crippen LogP contribution in [0.1, 0.15) is 22.9 Å². The van der Waals surface area contributed by atoms with Crippen molar-refractivity contribution in [1.82, 2.24) is 15.3 Å². The van der Waals surface area contributed by atoms with E-state index in [1.165, 1.54) is 29.9 Å². The molecule has 0 aliphatic rings. The monoisotopic (exact) mass is 399 g/mol. The summed E-state index contributed by atoms with van der Waals surface area (Å²) in [7, 11) is 0. The summed E-state index contributed by atoms with van der Waals surface area (Å²) in [4.78, 5) is 35.2. The fraction of sp³-hybridized carbons (Fsp3) is 0.300. The van der Waals surface area contributed by atoms with Gasteiger partial charge in [0.25, 0.3) is 0 Å². The highest BCUT2D eigenvalue weighted by Crippen LogP contribution is 2.34. The summed E-state index contributed by atoms with van der Waals surface area (Å²) < 4.78 is 0. The lowest BCUT2D eigenvalue weighted by atomic mass is 10.0. The molecular formula is C20H21N3O2S2. The Kier molecular flexibility index (Phi) is 6.23. The summed E-state index contributed by atoms with van der Waals surface area (Å²) >= 11 is 3.01. The van der Waals surface area contributed by atoms with Crippen LogP contribution >= 0.6 is 23.1 Å². The zero-order valence-electron chi connectivity index (χ0n) is 15.5. The number of Topliss-reactive ketones (excluding diaryl/α,β-unsaturated/α-hetero) is 1. The predicted molar refractivity (Wildman–Crippen MR) is 110 cm³/mol. The highest BCUT2D eigenvalue weighted by Gasteiger charge is 2.19. The van der Waals surface area contributed by atoms with Crippen LogP contribution in [0.2, 0.25) is 0 Å². The van der Waals surface area contributed by atoms with Crippen LogP contribution in [0.3, 0.4) is 0 Å². The molecule has 0 aliphatic heterocycles. The van der Waals surface area contributed by atoms with Gasteiger partial charge in [0.15, 0.2) is 5.78 Å². The molecule has 1 N–H and O–H groups in total. The Morgan fingerprint density at radius 3 is 2.63 bits per heavy atom. The van der Waals surface area contributed by atoms with Crippen LogP contribution in [-0.2, 0) is 16.0 Å². The minimum atomic E-state index is -0.518. The van der Waals surface area contributed by atoms with Crippen molar-refractivity contribution >= 4 is 45.0 Å². The number of amides is 1. The molecule has 0 fully saturated rings. The Balaban J connectivity index is 1.66. The average Bonchev–Trinajstić information content (AvgIpc) is 2.95. The van der Waals surface area contributed by atoms with Crippen LogP contribution in [0.25, 0.3) is 10.2 Å². The third-order valence-corrected chi connectivity index (χ3v) is 6.48. The first-order valence-electron chi connectivity index (χ1n) is 8.63. The van der Waals surface area contributed by atoms with E-state index in [9.17, 15) is 9.59 Å². The second kappa shape index (κ2) is 8.63. The summed E-state index contributed by atoms with van der Waals surface area (Å²) in [5.41, 5.74) is 2.18. The number of aryl methyl sites for hydroxylation is 2. The van der Waals surface area contributed by atoms with E-state index in [1.54, 1.807) is 11.3 Å². The maximum absolute atomic E-state index is 12.4. The van der Waals surface area contributed by atoms with Gasteiger partial charge in [-0.05, 0) is 38.3 Å². The van der Waals surface area contributed by atoms with Gasteiger partial charge in [-0.1, -0.05) is 42.1 Å². The van der Waals surface area contributed by atoms with E-state index in [1.807, 2.05) is 37.3 Å². The van der Waals surface area contributed by atoms with E-state index in [0.717, 1.165) is 26.4 Å². The van der Waals surface area contributed by atoms with Crippen molar-refractivity contribution in [2.45, 2.75) is 38.3 Å². The third kappa shape index (κ3) is 4.73. The second-order valence-corrected chi connectivity index (χ2v) is 8.52. The molecule has 3 rings (SSSR count). The van der Waals surface area contributed by atoms with Crippen molar-refractivity contribution in [3.05, 3.63) is 52.7 Å². The van der Waals surface area contributed by atoms with E-state index in [2.05, 4.69) is 22.2 Å². The topological polar surface area (TPSA) is 72.0 Å². The number of hydrogen-bond donors (Lipinski definition) is 1. The molecule has 3 aromatic rings. The number of carbonyl (C=O) groups is 2. The first kappa shape index (κ1) is 19.5. The molecular weight excluding hydrogens is 378 g/mol. The standard InChI is InChI=1S/C20H21N3O2S2/c1-12-14(3)27-20-18(12)19(21-11-22-20)26-10-17(25)23-16(13(2)24)9-15-7-5-4-6-8-15/h4-8,11,16H,9-10H2,1-3H3,(H,23,25)/t16-/m1/s1. The van der Waals surface area contributed by atoms with Crippen molar-refractivity contribution in [2.24, 2.45) is 0 Å². The first-order chi connectivity index (χ1) is 13.0. The van der Waals surface area contributed by atoms with Gasteiger partial charge < -0.3 is 5.32 Å². The molecule has 0 saturated carbocycles. The number of carbonyl (C=O) groups excluding carboxylic acids is 2. The lowest BCUT2D eigenvalue weighted by Crippen LogP contribution is -2.42. The van der Waals surface area contributed by atoms with Crippen molar-refractivity contribution < 1.29 is 9.59 Å². The highest BCUT2D eigenvalue weighted by molar-refractivity contribution is 8.00. The third-order valence-electron chi connectivity index (χ3n) is 4.38. The second-order valence-electron chi connectivity index (χ2n) is 6.35. The number of hydrogen-bond acceptors (Lipinski definition) is 6. The minimum Gasteiger partial charge on any atom is -0.345 e. The lowest BCUT2D eigenvalue weighted by Gasteiger charge is -2.16. The zero-order valence-corrected chi connectivity index (χ0v) is 17.1. The van der Waals surface area contributed by atoms with Crippen molar-refractivity contribution in [3.63, 3.8) is 0 Å². The van der Waals surface area contributed by atoms with E-state index < -0.39 is 6.04 Å². The first-order valence-corrected chi connectivity index (χ1v) is 10.4. The van der Waals surface area contributed by atoms with Gasteiger partial charge >= 0.3 is 0 Å². The molecule has 5 nitrogen and oxygen atoms in total. The molecule has 2 aromatic heterocycles. The summed E-state index contributed by atoms with van der Waals surface area (Å²) in [6, 6.07) is 9.17. The van der Waals surface area contributed by atoms with Crippen LogP contribution in [-0.4, -0.2) is 33.5 Å². The number of ketones is 1. The van der Waals surface area contributed by atoms with Crippen LogP contribution in [0.15, 0.2) is 41.7 Å². The van der Waals surface area contributed by atoms with E-state index in [4.69, 9.17) is 0 Å². The molecule has 1 aromatic carbocycles. The largest absolute Gasteiger partial charge is 0.345 e. The molecule has 0 saturated heterocycles. The number of rotatable bonds is 7. The number of fused-ring (bicyclic) bond motifs is 1. The quantitative estimate of drug-likeness (QED) is 0.484. The molecule has 7 heteroatoms. The van der Waals surface area contributed by atoms with Gasteiger partial charge in [-0.3, -0.25) is 9.59 Å². The van der Waals surface area contributed by atoms with Crippen LogP contribution < -0.4 is 5.32 Å². The van der Waals surface area contributed by atoms with E-state index in [-0.39, 0.29) is 17.4 Å². The molecule has 140 valence electrons. The van der Waals surface area contributed by atoms with Gasteiger partial charge in [-0.2, -0.15) is 0 Å². The van der Waals surface area contributed by atoms with Gasteiger partial charge in [0.05, 0.1) is 11.8 Å². The van der Waals surface area contributed by atoms with Gasteiger partial charge in [0, 0.05) is 10.3 Å². The number of nitrogens with one attached hydrogen (secondary N) is 1. The lowest BCUT2D eigenvalue weighted by molar-refractivity contribution is -0.125. The number of nitrogens with zero attached hydrogens (tertiary/aromatic N) is 2. The maximum Gasteiger partial charge on any atom is 0.231 e. The SMILES string of the molecule is CC(=O)[C@@H](Cc1ccccc1)NC(=O)CSc1ncnc2sc(C)c(C)c12. The van der Waals surface area contributed by atoms with Crippen molar-refractivity contribution in [1.29, 1.82) is 0 Å². The summed E-state index contributed by atoms with van der Waals surface area (Å²) in [6.07, 6.45) is 2.03. The summed E-state index contributed by atoms with van der Waals surface area (Å²) in [5.74, 6) is -0.0163. The normalized spacial score (nSPS) is 12.1. The molecule has 2 heterocycles. The Hall–Kier alpha value is -2.25. The molecule has 0 bridgehead atoms. The summed E-state index contributed by atoms with van der Waals surface area (Å²) in [5, 5.41) is 4.68. The Bertz CT molecular complexity index is 970. The van der Waals surface area contributed by atoms with Gasteiger partial charge in [0.2, 0.25) is 5.91 Å². The average molecular weight is 400 g/mol. The van der Waals surface area contributed by atoms with Crippen molar-refractivity contribution in [3.8, 4) is 0 Å². The molecule has 1 amide bonds. The molecule has 0 unspecified atom stereocenters. The molecule has 0 radical (unpaired) electrons. The zero-order chi connectivity index (χ0) is 19.4. The van der Waals surface area contributed by atoms with Crippen LogP contribution in [0.5, 0.6) is 0 Å². The minimum absolute atomic E-state index is 0.0501. The summed E-state index contributed by atoms with van der Waals surface area (Å²) in [6.45, 7) is 5.61. The van der Waals surface area contributed by atoms with E-state index in [0.29, 0.717) is 6.42 Å². The fourth-order valence-corrected chi connectivity index (χ4v) is 4.70. The number of benzene rings is 1. The smallest absolute Gasteiger partial charge is 0.231 e. The van der Waals surface area contributed by atoms with Crippen molar-refractivity contribution in [2.75, 3.05) is 5.75 Å².